The van der Waals surface area contributed by atoms with Crippen LogP contribution in [0.1, 0.15) is 17.2 Å². The Balaban J connectivity index is 1.94. The fourth-order valence-corrected chi connectivity index (χ4v) is 2.31. The number of nitrogens with two attached hydrogens (primary N) is 1. The Morgan fingerprint density at radius 3 is 2.71 bits per heavy atom. The molecule has 2 aromatic carbocycles. The summed E-state index contributed by atoms with van der Waals surface area (Å²) in [5.41, 5.74) is 8.04. The minimum Gasteiger partial charge on any atom is -0.482 e. The maximum Gasteiger partial charge on any atom is 0.262 e. The molecule has 4 nitrogen and oxygen atoms in total. The van der Waals surface area contributed by atoms with E-state index in [0.29, 0.717) is 17.0 Å². The van der Waals surface area contributed by atoms with E-state index in [9.17, 15) is 9.18 Å². The first kappa shape index (κ1) is 13.9. The molecule has 108 valence electrons. The van der Waals surface area contributed by atoms with Crippen LogP contribution in [-0.4, -0.2) is 12.5 Å². The Morgan fingerprint density at radius 1 is 1.24 bits per heavy atom. The Bertz CT molecular complexity index is 721. The SMILES string of the molecule is NC(c1ccc(Cl)c(F)c1)c1ccc2c(c1)NC(=O)CO2. The number of amides is 1. The zero-order valence-electron chi connectivity index (χ0n) is 10.9. The van der Waals surface area contributed by atoms with E-state index in [2.05, 4.69) is 5.32 Å². The molecule has 3 rings (SSSR count). The van der Waals surface area contributed by atoms with Crippen LogP contribution in [0.25, 0.3) is 0 Å². The molecule has 0 saturated carbocycles. The minimum atomic E-state index is -0.527. The Hall–Kier alpha value is -2.11. The van der Waals surface area contributed by atoms with Gasteiger partial charge in [0.15, 0.2) is 6.61 Å². The fourth-order valence-electron chi connectivity index (χ4n) is 2.19. The summed E-state index contributed by atoms with van der Waals surface area (Å²) in [5.74, 6) is -0.141. The van der Waals surface area contributed by atoms with Gasteiger partial charge >= 0.3 is 0 Å². The highest BCUT2D eigenvalue weighted by Gasteiger charge is 2.18. The summed E-state index contributed by atoms with van der Waals surface area (Å²) in [5, 5.41) is 2.77. The normalized spacial score (nSPS) is 14.9. The molecule has 0 spiro atoms. The van der Waals surface area contributed by atoms with Gasteiger partial charge in [-0.3, -0.25) is 4.79 Å². The number of benzene rings is 2. The van der Waals surface area contributed by atoms with Crippen LogP contribution in [0, 0.1) is 5.82 Å². The lowest BCUT2D eigenvalue weighted by atomic mass is 9.98. The molecule has 1 atom stereocenters. The maximum atomic E-state index is 13.5. The molecule has 0 radical (unpaired) electrons. The van der Waals surface area contributed by atoms with Crippen LogP contribution in [0.3, 0.4) is 0 Å². The van der Waals surface area contributed by atoms with E-state index in [1.807, 2.05) is 0 Å². The summed E-state index contributed by atoms with van der Waals surface area (Å²) in [7, 11) is 0. The predicted molar refractivity (Wildman–Crippen MR) is 78.0 cm³/mol. The van der Waals surface area contributed by atoms with E-state index in [1.54, 1.807) is 24.3 Å². The van der Waals surface area contributed by atoms with Gasteiger partial charge in [-0.05, 0) is 35.4 Å². The number of anilines is 1. The lowest BCUT2D eigenvalue weighted by Crippen LogP contribution is -2.25. The van der Waals surface area contributed by atoms with E-state index in [1.165, 1.54) is 12.1 Å². The zero-order chi connectivity index (χ0) is 15.0. The number of ether oxygens (including phenoxy) is 1. The zero-order valence-corrected chi connectivity index (χ0v) is 11.7. The van der Waals surface area contributed by atoms with Crippen LogP contribution < -0.4 is 15.8 Å². The molecule has 1 heterocycles. The molecule has 6 heteroatoms. The van der Waals surface area contributed by atoms with Crippen LogP contribution in [0.4, 0.5) is 10.1 Å². The molecular weight excluding hydrogens is 295 g/mol. The molecule has 21 heavy (non-hydrogen) atoms. The second-order valence-electron chi connectivity index (χ2n) is 4.74. The van der Waals surface area contributed by atoms with Crippen molar-refractivity contribution >= 4 is 23.2 Å². The van der Waals surface area contributed by atoms with Crippen LogP contribution in [0.5, 0.6) is 5.75 Å². The first-order chi connectivity index (χ1) is 10.0. The van der Waals surface area contributed by atoms with Gasteiger partial charge in [-0.25, -0.2) is 4.39 Å². The van der Waals surface area contributed by atoms with Gasteiger partial charge in [0.25, 0.3) is 5.91 Å². The second kappa shape index (κ2) is 5.35. The third-order valence-corrected chi connectivity index (χ3v) is 3.60. The maximum absolute atomic E-state index is 13.5. The molecule has 2 aromatic rings. The monoisotopic (exact) mass is 306 g/mol. The molecule has 1 aliphatic rings. The van der Waals surface area contributed by atoms with Crippen molar-refractivity contribution in [2.24, 2.45) is 5.73 Å². The molecular formula is C15H12ClFN2O2. The molecule has 1 amide bonds. The fraction of sp³-hybridized carbons (Fsp3) is 0.133. The molecule has 0 bridgehead atoms. The number of nitrogens with one attached hydrogen (secondary N) is 1. The number of halogens is 2. The van der Waals surface area contributed by atoms with E-state index in [4.69, 9.17) is 22.1 Å². The van der Waals surface area contributed by atoms with Gasteiger partial charge < -0.3 is 15.8 Å². The van der Waals surface area contributed by atoms with Crippen molar-refractivity contribution in [2.75, 3.05) is 11.9 Å². The average Bonchev–Trinajstić information content (AvgIpc) is 2.48. The number of hydrogen-bond acceptors (Lipinski definition) is 3. The van der Waals surface area contributed by atoms with Crippen molar-refractivity contribution in [3.8, 4) is 5.75 Å². The highest BCUT2D eigenvalue weighted by molar-refractivity contribution is 6.30. The van der Waals surface area contributed by atoms with Gasteiger partial charge in [0.05, 0.1) is 16.8 Å². The Labute approximate surface area is 125 Å². The van der Waals surface area contributed by atoms with Crippen LogP contribution >= 0.6 is 11.6 Å². The molecule has 3 N–H and O–H groups in total. The van der Waals surface area contributed by atoms with E-state index < -0.39 is 11.9 Å². The van der Waals surface area contributed by atoms with E-state index in [-0.39, 0.29) is 17.5 Å². The van der Waals surface area contributed by atoms with E-state index in [0.717, 1.165) is 5.56 Å². The van der Waals surface area contributed by atoms with Gasteiger partial charge in [-0.1, -0.05) is 23.7 Å². The third-order valence-electron chi connectivity index (χ3n) is 3.30. The quantitative estimate of drug-likeness (QED) is 0.896. The molecule has 1 unspecified atom stereocenters. The number of rotatable bonds is 2. The van der Waals surface area contributed by atoms with Crippen LogP contribution in [0.15, 0.2) is 36.4 Å². The number of hydrogen-bond donors (Lipinski definition) is 2. The summed E-state index contributed by atoms with van der Waals surface area (Å²) in [4.78, 5) is 11.3. The first-order valence-electron chi connectivity index (χ1n) is 6.32. The van der Waals surface area contributed by atoms with Gasteiger partial charge in [0, 0.05) is 0 Å². The predicted octanol–water partition coefficient (Wildman–Crippen LogP) is 2.86. The summed E-state index contributed by atoms with van der Waals surface area (Å²) in [6.07, 6.45) is 0. The van der Waals surface area contributed by atoms with Crippen molar-refractivity contribution in [1.29, 1.82) is 0 Å². The summed E-state index contributed by atoms with van der Waals surface area (Å²) in [6.45, 7) is 0.000790. The lowest BCUT2D eigenvalue weighted by molar-refractivity contribution is -0.118. The molecule has 1 aliphatic heterocycles. The molecule has 0 aliphatic carbocycles. The topological polar surface area (TPSA) is 64.3 Å². The van der Waals surface area contributed by atoms with Gasteiger partial charge in [0.1, 0.15) is 11.6 Å². The largest absolute Gasteiger partial charge is 0.482 e. The van der Waals surface area contributed by atoms with Crippen LogP contribution in [0.2, 0.25) is 5.02 Å². The number of carbonyl (C=O) groups is 1. The number of carbonyl (C=O) groups excluding carboxylic acids is 1. The summed E-state index contributed by atoms with van der Waals surface area (Å²) >= 11 is 5.66. The lowest BCUT2D eigenvalue weighted by Gasteiger charge is -2.20. The average molecular weight is 307 g/mol. The van der Waals surface area contributed by atoms with Gasteiger partial charge in [-0.2, -0.15) is 0 Å². The molecule has 0 saturated heterocycles. The van der Waals surface area contributed by atoms with Crippen LogP contribution in [-0.2, 0) is 4.79 Å². The van der Waals surface area contributed by atoms with Crippen molar-refractivity contribution in [1.82, 2.24) is 0 Å². The Morgan fingerprint density at radius 2 is 1.95 bits per heavy atom. The van der Waals surface area contributed by atoms with Gasteiger partial charge in [-0.15, -0.1) is 0 Å². The van der Waals surface area contributed by atoms with Crippen molar-refractivity contribution in [2.45, 2.75) is 6.04 Å². The molecule has 0 aromatic heterocycles. The highest BCUT2D eigenvalue weighted by Crippen LogP contribution is 2.32. The standard InChI is InChI=1S/C15H12ClFN2O2/c16-10-3-1-8(5-11(10)17)15(18)9-2-4-13-12(6-9)19-14(20)7-21-13/h1-6,15H,7,18H2,(H,19,20). The smallest absolute Gasteiger partial charge is 0.262 e. The van der Waals surface area contributed by atoms with Gasteiger partial charge in [0.2, 0.25) is 0 Å². The number of fused-ring (bicyclic) bond motifs is 1. The summed E-state index contributed by atoms with van der Waals surface area (Å²) < 4.78 is 18.8. The Kier molecular flexibility index (Phi) is 3.53. The second-order valence-corrected chi connectivity index (χ2v) is 5.15. The van der Waals surface area contributed by atoms with Crippen molar-refractivity contribution in [3.05, 3.63) is 58.4 Å². The highest BCUT2D eigenvalue weighted by atomic mass is 35.5. The molecule has 0 fully saturated rings. The van der Waals surface area contributed by atoms with Crippen molar-refractivity contribution < 1.29 is 13.9 Å². The first-order valence-corrected chi connectivity index (χ1v) is 6.69. The van der Waals surface area contributed by atoms with E-state index >= 15 is 0 Å². The minimum absolute atomic E-state index is 0.000790. The van der Waals surface area contributed by atoms with Crippen molar-refractivity contribution in [3.63, 3.8) is 0 Å². The third kappa shape index (κ3) is 2.70. The summed E-state index contributed by atoms with van der Waals surface area (Å²) in [6, 6.07) is 9.16.